The van der Waals surface area contributed by atoms with Crippen molar-refractivity contribution in [2.45, 2.75) is 65.5 Å². The highest BCUT2D eigenvalue weighted by atomic mass is 16.5. The van der Waals surface area contributed by atoms with Gasteiger partial charge in [-0.2, -0.15) is 0 Å². The summed E-state index contributed by atoms with van der Waals surface area (Å²) in [5.74, 6) is 1.12. The van der Waals surface area contributed by atoms with Crippen molar-refractivity contribution in [2.75, 3.05) is 6.54 Å². The molecule has 0 radical (unpaired) electrons. The summed E-state index contributed by atoms with van der Waals surface area (Å²) in [6.07, 6.45) is 1.30. The lowest BCUT2D eigenvalue weighted by atomic mass is 9.83. The zero-order valence-corrected chi connectivity index (χ0v) is 13.1. The highest BCUT2D eigenvalue weighted by molar-refractivity contribution is 5.52. The van der Waals surface area contributed by atoms with Crippen LogP contribution in [0.5, 0.6) is 5.75 Å². The van der Waals surface area contributed by atoms with Gasteiger partial charge >= 0.3 is 0 Å². The Hall–Kier alpha value is -1.02. The number of likely N-dealkylation sites (N-methyl/N-ethyl adjacent to an activating group) is 1. The summed E-state index contributed by atoms with van der Waals surface area (Å²) in [7, 11) is 0. The fourth-order valence-corrected chi connectivity index (χ4v) is 2.92. The molecule has 0 aromatic heterocycles. The third kappa shape index (κ3) is 2.64. The molecule has 1 aromatic rings. The third-order valence-corrected chi connectivity index (χ3v) is 3.87. The second kappa shape index (κ2) is 5.16. The number of rotatable bonds is 3. The van der Waals surface area contributed by atoms with Gasteiger partial charge in [0.05, 0.1) is 6.04 Å². The average Bonchev–Trinajstić information content (AvgIpc) is 2.66. The highest BCUT2D eigenvalue weighted by Crippen LogP contribution is 2.45. The van der Waals surface area contributed by atoms with Crippen LogP contribution in [-0.2, 0) is 5.41 Å². The molecular formula is C17H27NO. The van der Waals surface area contributed by atoms with Crippen LogP contribution in [0.1, 0.15) is 63.8 Å². The zero-order valence-electron chi connectivity index (χ0n) is 13.1. The van der Waals surface area contributed by atoms with Crippen molar-refractivity contribution in [1.82, 2.24) is 5.32 Å². The van der Waals surface area contributed by atoms with Gasteiger partial charge in [-0.25, -0.2) is 0 Å². The number of nitrogens with one attached hydrogen (secondary N) is 1. The number of aryl methyl sites for hydroxylation is 1. The molecule has 2 nitrogen and oxygen atoms in total. The number of fused-ring (bicyclic) bond motifs is 1. The topological polar surface area (TPSA) is 21.3 Å². The Morgan fingerprint density at radius 2 is 1.89 bits per heavy atom. The van der Waals surface area contributed by atoms with E-state index in [1.54, 1.807) is 0 Å². The van der Waals surface area contributed by atoms with Gasteiger partial charge in [0.15, 0.2) is 0 Å². The Kier molecular flexibility index (Phi) is 3.91. The van der Waals surface area contributed by atoms with Crippen molar-refractivity contribution < 1.29 is 4.74 Å². The Balaban J connectivity index is 2.53. The maximum absolute atomic E-state index is 6.27. The van der Waals surface area contributed by atoms with Crippen LogP contribution in [0, 0.1) is 6.92 Å². The highest BCUT2D eigenvalue weighted by Gasteiger charge is 2.36. The van der Waals surface area contributed by atoms with Crippen molar-refractivity contribution in [3.05, 3.63) is 28.8 Å². The SMILES string of the molecule is CCNC1c2cc(C)cc(C(C)(C)C)c2OC1CC. The van der Waals surface area contributed by atoms with E-state index in [0.717, 1.165) is 18.7 Å². The largest absolute Gasteiger partial charge is 0.488 e. The summed E-state index contributed by atoms with van der Waals surface area (Å²) < 4.78 is 6.27. The lowest BCUT2D eigenvalue weighted by Crippen LogP contribution is -2.30. The van der Waals surface area contributed by atoms with Gasteiger partial charge in [-0.15, -0.1) is 0 Å². The second-order valence-electron chi connectivity index (χ2n) is 6.58. The van der Waals surface area contributed by atoms with Crippen LogP contribution in [0.3, 0.4) is 0 Å². The molecule has 106 valence electrons. The van der Waals surface area contributed by atoms with Gasteiger partial charge in [-0.05, 0) is 25.3 Å². The molecule has 0 saturated carbocycles. The van der Waals surface area contributed by atoms with Gasteiger partial charge in [0.1, 0.15) is 11.9 Å². The van der Waals surface area contributed by atoms with E-state index in [4.69, 9.17) is 4.74 Å². The Morgan fingerprint density at radius 1 is 1.21 bits per heavy atom. The first-order chi connectivity index (χ1) is 8.88. The van der Waals surface area contributed by atoms with Crippen LogP contribution >= 0.6 is 0 Å². The van der Waals surface area contributed by atoms with Crippen LogP contribution in [0.15, 0.2) is 12.1 Å². The molecule has 0 aliphatic carbocycles. The molecule has 0 bridgehead atoms. The molecule has 1 aliphatic heterocycles. The minimum atomic E-state index is 0.121. The number of ether oxygens (including phenoxy) is 1. The fraction of sp³-hybridized carbons (Fsp3) is 0.647. The fourth-order valence-electron chi connectivity index (χ4n) is 2.92. The number of hydrogen-bond acceptors (Lipinski definition) is 2. The van der Waals surface area contributed by atoms with Crippen molar-refractivity contribution in [3.8, 4) is 5.75 Å². The van der Waals surface area contributed by atoms with Gasteiger partial charge < -0.3 is 10.1 Å². The van der Waals surface area contributed by atoms with Crippen molar-refractivity contribution in [1.29, 1.82) is 0 Å². The van der Waals surface area contributed by atoms with Gasteiger partial charge in [-0.3, -0.25) is 0 Å². The summed E-state index contributed by atoms with van der Waals surface area (Å²) >= 11 is 0. The van der Waals surface area contributed by atoms with E-state index < -0.39 is 0 Å². The smallest absolute Gasteiger partial charge is 0.128 e. The number of hydrogen-bond donors (Lipinski definition) is 1. The third-order valence-electron chi connectivity index (χ3n) is 3.87. The molecule has 2 heteroatoms. The van der Waals surface area contributed by atoms with E-state index in [2.05, 4.69) is 59.0 Å². The molecular weight excluding hydrogens is 234 g/mol. The maximum Gasteiger partial charge on any atom is 0.128 e. The molecule has 1 heterocycles. The molecule has 0 fully saturated rings. The molecule has 2 rings (SSSR count). The predicted molar refractivity (Wildman–Crippen MR) is 81.0 cm³/mol. The van der Waals surface area contributed by atoms with Gasteiger partial charge in [0.2, 0.25) is 0 Å². The normalized spacial score (nSPS) is 22.2. The molecule has 1 aromatic carbocycles. The minimum absolute atomic E-state index is 0.121. The molecule has 0 saturated heterocycles. The molecule has 2 unspecified atom stereocenters. The minimum Gasteiger partial charge on any atom is -0.488 e. The van der Waals surface area contributed by atoms with E-state index in [1.807, 2.05) is 0 Å². The van der Waals surface area contributed by atoms with Crippen molar-refractivity contribution in [3.63, 3.8) is 0 Å². The lowest BCUT2D eigenvalue weighted by Gasteiger charge is -2.23. The standard InChI is InChI=1S/C17H27NO/c1-7-14-15(18-8-2)12-9-11(3)10-13(16(12)19-14)17(4,5)6/h9-10,14-15,18H,7-8H2,1-6H3. The Bertz CT molecular complexity index is 459. The van der Waals surface area contributed by atoms with Crippen LogP contribution in [0.25, 0.3) is 0 Å². The molecule has 0 spiro atoms. The monoisotopic (exact) mass is 261 g/mol. The summed E-state index contributed by atoms with van der Waals surface area (Å²) in [6, 6.07) is 4.90. The van der Waals surface area contributed by atoms with E-state index in [9.17, 15) is 0 Å². The first-order valence-corrected chi connectivity index (χ1v) is 7.43. The van der Waals surface area contributed by atoms with Crippen molar-refractivity contribution in [2.24, 2.45) is 0 Å². The van der Waals surface area contributed by atoms with E-state index in [1.165, 1.54) is 16.7 Å². The van der Waals surface area contributed by atoms with Gasteiger partial charge in [-0.1, -0.05) is 52.3 Å². The second-order valence-corrected chi connectivity index (χ2v) is 6.58. The van der Waals surface area contributed by atoms with Gasteiger partial charge in [0, 0.05) is 11.1 Å². The lowest BCUT2D eigenvalue weighted by molar-refractivity contribution is 0.183. The van der Waals surface area contributed by atoms with Crippen LogP contribution in [0.2, 0.25) is 0 Å². The summed E-state index contributed by atoms with van der Waals surface area (Å²) in [6.45, 7) is 14.3. The molecule has 19 heavy (non-hydrogen) atoms. The molecule has 1 aliphatic rings. The number of benzene rings is 1. The predicted octanol–water partition coefficient (Wildman–Crippen LogP) is 4.11. The summed E-state index contributed by atoms with van der Waals surface area (Å²) in [5, 5.41) is 3.58. The van der Waals surface area contributed by atoms with E-state index in [-0.39, 0.29) is 11.5 Å². The van der Waals surface area contributed by atoms with Gasteiger partial charge in [0.25, 0.3) is 0 Å². The van der Waals surface area contributed by atoms with E-state index in [0.29, 0.717) is 6.04 Å². The molecule has 0 amide bonds. The molecule has 2 atom stereocenters. The summed E-state index contributed by atoms with van der Waals surface area (Å²) in [5.41, 5.74) is 4.13. The quantitative estimate of drug-likeness (QED) is 0.884. The first kappa shape index (κ1) is 14.4. The summed E-state index contributed by atoms with van der Waals surface area (Å²) in [4.78, 5) is 0. The molecule has 1 N–H and O–H groups in total. The van der Waals surface area contributed by atoms with Crippen LogP contribution in [0.4, 0.5) is 0 Å². The van der Waals surface area contributed by atoms with Crippen molar-refractivity contribution >= 4 is 0 Å². The Labute approximate surface area is 117 Å². The van der Waals surface area contributed by atoms with Crippen LogP contribution in [-0.4, -0.2) is 12.6 Å². The average molecular weight is 261 g/mol. The van der Waals surface area contributed by atoms with E-state index >= 15 is 0 Å². The Morgan fingerprint density at radius 3 is 2.42 bits per heavy atom. The first-order valence-electron chi connectivity index (χ1n) is 7.43. The maximum atomic E-state index is 6.27. The van der Waals surface area contributed by atoms with Crippen LogP contribution < -0.4 is 10.1 Å². The zero-order chi connectivity index (χ0) is 14.2.